The summed E-state index contributed by atoms with van der Waals surface area (Å²) in [4.78, 5) is 24.7. The number of carbonyl (C=O) groups excluding carboxylic acids is 1. The Kier molecular flexibility index (Phi) is 4.87. The van der Waals surface area contributed by atoms with Crippen molar-refractivity contribution < 1.29 is 9.90 Å². The van der Waals surface area contributed by atoms with Gasteiger partial charge in [0, 0.05) is 36.2 Å². The zero-order chi connectivity index (χ0) is 19.5. The molecule has 3 N–H and O–H groups in total. The van der Waals surface area contributed by atoms with E-state index in [-0.39, 0.29) is 18.4 Å². The van der Waals surface area contributed by atoms with Crippen molar-refractivity contribution >= 4 is 22.6 Å². The first-order valence-electron chi connectivity index (χ1n) is 9.07. The third-order valence-electron chi connectivity index (χ3n) is 4.72. The van der Waals surface area contributed by atoms with Gasteiger partial charge in [0.25, 0.3) is 5.91 Å². The highest BCUT2D eigenvalue weighted by Crippen LogP contribution is 2.24. The number of anilines is 1. The Hall–Kier alpha value is -3.51. The predicted molar refractivity (Wildman–Crippen MR) is 109 cm³/mol. The van der Waals surface area contributed by atoms with Crippen LogP contribution >= 0.6 is 0 Å². The Balaban J connectivity index is 1.61. The van der Waals surface area contributed by atoms with Gasteiger partial charge in [0.15, 0.2) is 0 Å². The summed E-state index contributed by atoms with van der Waals surface area (Å²) in [7, 11) is 0. The van der Waals surface area contributed by atoms with Crippen LogP contribution < -0.4 is 5.32 Å². The van der Waals surface area contributed by atoms with Crippen molar-refractivity contribution in [1.82, 2.24) is 15.0 Å². The van der Waals surface area contributed by atoms with E-state index in [2.05, 4.69) is 20.3 Å². The molecule has 2 aromatic carbocycles. The number of benzene rings is 2. The van der Waals surface area contributed by atoms with Crippen LogP contribution in [0.5, 0.6) is 0 Å². The molecular weight excluding hydrogens is 352 g/mol. The molecule has 0 saturated heterocycles. The van der Waals surface area contributed by atoms with Gasteiger partial charge in [0.2, 0.25) is 0 Å². The Labute approximate surface area is 162 Å². The highest BCUT2D eigenvalue weighted by Gasteiger charge is 2.15. The van der Waals surface area contributed by atoms with E-state index in [1.807, 2.05) is 55.5 Å². The summed E-state index contributed by atoms with van der Waals surface area (Å²) in [5.41, 5.74) is 4.55. The molecule has 2 aromatic heterocycles. The second-order valence-electron chi connectivity index (χ2n) is 6.68. The molecular formula is C22H20N4O2. The molecule has 0 radical (unpaired) electrons. The van der Waals surface area contributed by atoms with Crippen LogP contribution in [0.1, 0.15) is 28.8 Å². The normalized spacial score (nSPS) is 12.1. The topological polar surface area (TPSA) is 90.9 Å². The predicted octanol–water partition coefficient (Wildman–Crippen LogP) is 3.97. The number of H-pyrrole nitrogens is 1. The molecule has 1 atom stereocenters. The number of aromatic amines is 1. The van der Waals surface area contributed by atoms with Crippen LogP contribution in [0.15, 0.2) is 67.0 Å². The van der Waals surface area contributed by atoms with Crippen LogP contribution in [-0.4, -0.2) is 32.6 Å². The summed E-state index contributed by atoms with van der Waals surface area (Å²) in [6, 6.07) is 16.7. The smallest absolute Gasteiger partial charge is 0.257 e. The fourth-order valence-corrected chi connectivity index (χ4v) is 3.06. The van der Waals surface area contributed by atoms with Gasteiger partial charge in [-0.3, -0.25) is 9.78 Å². The summed E-state index contributed by atoms with van der Waals surface area (Å²) in [6.45, 7) is 2.04. The van der Waals surface area contributed by atoms with Crippen LogP contribution in [0.25, 0.3) is 22.4 Å². The van der Waals surface area contributed by atoms with Crippen LogP contribution in [0, 0.1) is 0 Å². The summed E-state index contributed by atoms with van der Waals surface area (Å²) in [6.07, 6.45) is 3.41. The second-order valence-corrected chi connectivity index (χ2v) is 6.68. The molecule has 0 bridgehead atoms. The number of aliphatic hydroxyl groups excluding tert-OH is 1. The maximum Gasteiger partial charge on any atom is 0.257 e. The van der Waals surface area contributed by atoms with Gasteiger partial charge in [-0.1, -0.05) is 25.1 Å². The highest BCUT2D eigenvalue weighted by molar-refractivity contribution is 6.11. The van der Waals surface area contributed by atoms with Crippen molar-refractivity contribution in [2.45, 2.75) is 12.8 Å². The lowest BCUT2D eigenvalue weighted by Crippen LogP contribution is -2.12. The first-order chi connectivity index (χ1) is 13.7. The number of hydrogen-bond donors (Lipinski definition) is 3. The van der Waals surface area contributed by atoms with Crippen molar-refractivity contribution in [2.75, 3.05) is 11.9 Å². The number of aromatic nitrogens is 3. The monoisotopic (exact) mass is 372 g/mol. The van der Waals surface area contributed by atoms with E-state index in [9.17, 15) is 9.90 Å². The number of amides is 1. The number of carbonyl (C=O) groups is 1. The number of imidazole rings is 1. The van der Waals surface area contributed by atoms with Gasteiger partial charge in [-0.25, -0.2) is 4.98 Å². The molecule has 1 amide bonds. The molecule has 2 heterocycles. The van der Waals surface area contributed by atoms with E-state index in [0.717, 1.165) is 16.6 Å². The maximum atomic E-state index is 12.8. The first-order valence-corrected chi connectivity index (χ1v) is 9.07. The SMILES string of the molecule is CC(CO)c1ccc(NC(=O)c2cccc3[nH]c(-c4ccncc4)nc23)cc1. The minimum Gasteiger partial charge on any atom is -0.396 e. The lowest BCUT2D eigenvalue weighted by molar-refractivity contribution is 0.102. The second kappa shape index (κ2) is 7.62. The molecule has 0 saturated carbocycles. The van der Waals surface area contributed by atoms with E-state index in [4.69, 9.17) is 0 Å². The number of nitrogens with zero attached hydrogens (tertiary/aromatic N) is 2. The van der Waals surface area contributed by atoms with Gasteiger partial charge in [-0.05, 0) is 42.0 Å². The molecule has 4 rings (SSSR count). The van der Waals surface area contributed by atoms with Gasteiger partial charge < -0.3 is 15.4 Å². The minimum absolute atomic E-state index is 0.0640. The molecule has 0 spiro atoms. The zero-order valence-corrected chi connectivity index (χ0v) is 15.4. The van der Waals surface area contributed by atoms with Gasteiger partial charge in [-0.15, -0.1) is 0 Å². The Bertz CT molecular complexity index is 1100. The van der Waals surface area contributed by atoms with E-state index >= 15 is 0 Å². The lowest BCUT2D eigenvalue weighted by Gasteiger charge is -2.10. The average molecular weight is 372 g/mol. The molecule has 0 aliphatic carbocycles. The summed E-state index contributed by atoms with van der Waals surface area (Å²) in [5.74, 6) is 0.537. The van der Waals surface area contributed by atoms with E-state index in [0.29, 0.717) is 22.6 Å². The third-order valence-corrected chi connectivity index (χ3v) is 4.72. The molecule has 4 aromatic rings. The van der Waals surface area contributed by atoms with Crippen molar-refractivity contribution in [2.24, 2.45) is 0 Å². The van der Waals surface area contributed by atoms with E-state index in [1.165, 1.54) is 0 Å². The molecule has 0 fully saturated rings. The fraction of sp³-hybridized carbons (Fsp3) is 0.136. The number of fused-ring (bicyclic) bond motifs is 1. The molecule has 6 heteroatoms. The standard InChI is InChI=1S/C22H20N4O2/c1-14(13-27)15-5-7-17(8-6-15)24-22(28)18-3-2-4-19-20(18)26-21(25-19)16-9-11-23-12-10-16/h2-12,14,27H,13H2,1H3,(H,24,28)(H,25,26). The van der Waals surface area contributed by atoms with Crippen molar-refractivity contribution in [3.05, 3.63) is 78.1 Å². The van der Waals surface area contributed by atoms with Crippen molar-refractivity contribution in [3.63, 3.8) is 0 Å². The van der Waals surface area contributed by atoms with Crippen LogP contribution in [0.3, 0.4) is 0 Å². The minimum atomic E-state index is -0.221. The molecule has 28 heavy (non-hydrogen) atoms. The van der Waals surface area contributed by atoms with E-state index < -0.39 is 0 Å². The van der Waals surface area contributed by atoms with Crippen molar-refractivity contribution in [1.29, 1.82) is 0 Å². The number of nitrogens with one attached hydrogen (secondary N) is 2. The number of para-hydroxylation sites is 1. The Morgan fingerprint density at radius 2 is 1.86 bits per heavy atom. The summed E-state index contributed by atoms with van der Waals surface area (Å²) >= 11 is 0. The summed E-state index contributed by atoms with van der Waals surface area (Å²) < 4.78 is 0. The highest BCUT2D eigenvalue weighted by atomic mass is 16.3. The quantitative estimate of drug-likeness (QED) is 0.494. The van der Waals surface area contributed by atoms with Crippen LogP contribution in [0.2, 0.25) is 0 Å². The Morgan fingerprint density at radius 3 is 2.57 bits per heavy atom. The lowest BCUT2D eigenvalue weighted by atomic mass is 10.0. The van der Waals surface area contributed by atoms with Crippen LogP contribution in [-0.2, 0) is 0 Å². The average Bonchev–Trinajstić information content (AvgIpc) is 3.18. The largest absolute Gasteiger partial charge is 0.396 e. The molecule has 1 unspecified atom stereocenters. The van der Waals surface area contributed by atoms with Crippen LogP contribution in [0.4, 0.5) is 5.69 Å². The number of aliphatic hydroxyl groups is 1. The zero-order valence-electron chi connectivity index (χ0n) is 15.4. The fourth-order valence-electron chi connectivity index (χ4n) is 3.06. The number of rotatable bonds is 5. The molecule has 140 valence electrons. The number of pyridine rings is 1. The molecule has 0 aliphatic heterocycles. The van der Waals surface area contributed by atoms with Crippen molar-refractivity contribution in [3.8, 4) is 11.4 Å². The first kappa shape index (κ1) is 17.9. The third kappa shape index (κ3) is 3.50. The molecule has 0 aliphatic rings. The van der Waals surface area contributed by atoms with Gasteiger partial charge in [-0.2, -0.15) is 0 Å². The number of hydrogen-bond acceptors (Lipinski definition) is 4. The van der Waals surface area contributed by atoms with Gasteiger partial charge in [0.1, 0.15) is 11.3 Å². The summed E-state index contributed by atoms with van der Waals surface area (Å²) in [5, 5.41) is 12.2. The maximum absolute atomic E-state index is 12.8. The van der Waals surface area contributed by atoms with Gasteiger partial charge in [0.05, 0.1) is 11.1 Å². The Morgan fingerprint density at radius 1 is 1.11 bits per heavy atom. The van der Waals surface area contributed by atoms with Gasteiger partial charge >= 0.3 is 0 Å². The molecule has 6 nitrogen and oxygen atoms in total. The van der Waals surface area contributed by atoms with E-state index in [1.54, 1.807) is 18.5 Å².